The van der Waals surface area contributed by atoms with Crippen LogP contribution in [0, 0.1) is 5.92 Å². The van der Waals surface area contributed by atoms with Gasteiger partial charge in [0.25, 0.3) is 0 Å². The second-order valence-corrected chi connectivity index (χ2v) is 7.10. The molecule has 2 aliphatic rings. The minimum Gasteiger partial charge on any atom is -0.392 e. The van der Waals surface area contributed by atoms with Crippen LogP contribution in [-0.2, 0) is 4.79 Å². The van der Waals surface area contributed by atoms with E-state index in [0.29, 0.717) is 6.54 Å². The van der Waals surface area contributed by atoms with Crippen molar-refractivity contribution in [2.24, 2.45) is 5.92 Å². The predicted octanol–water partition coefficient (Wildman–Crippen LogP) is 2.75. The van der Waals surface area contributed by atoms with Crippen LogP contribution >= 0.6 is 11.6 Å². The molecule has 0 radical (unpaired) electrons. The molecule has 1 aliphatic heterocycles. The maximum atomic E-state index is 12.4. The number of nitrogens with zero attached hydrogens (tertiary/aromatic N) is 1. The van der Waals surface area contributed by atoms with Gasteiger partial charge in [-0.15, -0.1) is 0 Å². The van der Waals surface area contributed by atoms with E-state index in [1.54, 1.807) is 0 Å². The second kappa shape index (κ2) is 7.65. The van der Waals surface area contributed by atoms with Crippen LogP contribution in [0.2, 0.25) is 5.02 Å². The van der Waals surface area contributed by atoms with E-state index in [0.717, 1.165) is 42.9 Å². The molecule has 1 amide bonds. The summed E-state index contributed by atoms with van der Waals surface area (Å²) in [6.07, 6.45) is 4.38. The van der Waals surface area contributed by atoms with Gasteiger partial charge in [-0.05, 0) is 62.9 Å². The molecule has 5 heteroatoms. The number of benzene rings is 1. The van der Waals surface area contributed by atoms with Crippen LogP contribution in [0.1, 0.15) is 43.7 Å². The summed E-state index contributed by atoms with van der Waals surface area (Å²) in [5.74, 6) is -0.255. The van der Waals surface area contributed by atoms with Gasteiger partial charge in [0.05, 0.1) is 18.1 Å². The van der Waals surface area contributed by atoms with E-state index in [1.165, 1.54) is 12.8 Å². The molecule has 1 saturated carbocycles. The molecule has 2 fully saturated rings. The summed E-state index contributed by atoms with van der Waals surface area (Å²) < 4.78 is 0. The average Bonchev–Trinajstić information content (AvgIpc) is 3.19. The highest BCUT2D eigenvalue weighted by Crippen LogP contribution is 2.28. The number of amides is 1. The maximum Gasteiger partial charge on any atom is 0.225 e. The minimum absolute atomic E-state index is 0.0128. The molecule has 3 atom stereocenters. The number of rotatable bonds is 5. The number of hydrogen-bond donors (Lipinski definition) is 2. The fraction of sp³-hybridized carbons (Fsp3) is 0.611. The molecule has 1 saturated heterocycles. The van der Waals surface area contributed by atoms with Crippen LogP contribution < -0.4 is 5.32 Å². The molecule has 3 unspecified atom stereocenters. The third-order valence-corrected chi connectivity index (χ3v) is 5.34. The topological polar surface area (TPSA) is 52.6 Å². The van der Waals surface area contributed by atoms with Crippen LogP contribution in [0.15, 0.2) is 24.3 Å². The number of carbonyl (C=O) groups is 1. The molecule has 0 aromatic heterocycles. The first-order valence-electron chi connectivity index (χ1n) is 8.60. The van der Waals surface area contributed by atoms with E-state index in [2.05, 4.69) is 16.3 Å². The van der Waals surface area contributed by atoms with Crippen molar-refractivity contribution in [1.82, 2.24) is 10.2 Å². The largest absolute Gasteiger partial charge is 0.392 e. The van der Waals surface area contributed by atoms with Gasteiger partial charge < -0.3 is 10.4 Å². The third kappa shape index (κ3) is 4.06. The fourth-order valence-electron chi connectivity index (χ4n) is 3.80. The molecule has 0 bridgehead atoms. The van der Waals surface area contributed by atoms with Gasteiger partial charge in [-0.1, -0.05) is 23.7 Å². The van der Waals surface area contributed by atoms with Crippen molar-refractivity contribution in [3.8, 4) is 0 Å². The van der Waals surface area contributed by atoms with Crippen LogP contribution in [0.25, 0.3) is 0 Å². The number of aliphatic hydroxyl groups excluding tert-OH is 1. The van der Waals surface area contributed by atoms with Gasteiger partial charge >= 0.3 is 0 Å². The van der Waals surface area contributed by atoms with Crippen LogP contribution in [0.5, 0.6) is 0 Å². The summed E-state index contributed by atoms with van der Waals surface area (Å²) in [7, 11) is 0. The lowest BCUT2D eigenvalue weighted by molar-refractivity contribution is -0.127. The Hall–Kier alpha value is -1.10. The quantitative estimate of drug-likeness (QED) is 0.869. The highest BCUT2D eigenvalue weighted by molar-refractivity contribution is 6.30. The maximum absolute atomic E-state index is 12.4. The van der Waals surface area contributed by atoms with E-state index in [9.17, 15) is 9.90 Å². The number of nitrogens with one attached hydrogen (secondary N) is 1. The molecular formula is C18H25ClN2O2. The van der Waals surface area contributed by atoms with E-state index >= 15 is 0 Å². The molecule has 2 N–H and O–H groups in total. The second-order valence-electron chi connectivity index (χ2n) is 6.66. The summed E-state index contributed by atoms with van der Waals surface area (Å²) in [5.41, 5.74) is 1.15. The molecule has 126 valence electrons. The Bertz CT molecular complexity index is 546. The standard InChI is InChI=1S/C18H25ClN2O2/c19-14-6-3-5-13(11-14)16(21-9-1-2-10-21)12-20-18(23)15-7-4-8-17(15)22/h3,5-6,11,15-17,22H,1-2,4,7-10,12H2,(H,20,23). The van der Waals surface area contributed by atoms with Crippen molar-refractivity contribution in [3.63, 3.8) is 0 Å². The first kappa shape index (κ1) is 16.7. The monoisotopic (exact) mass is 336 g/mol. The smallest absolute Gasteiger partial charge is 0.225 e. The summed E-state index contributed by atoms with van der Waals surface area (Å²) in [6, 6.07) is 8.05. The molecule has 1 aliphatic carbocycles. The molecule has 1 heterocycles. The Morgan fingerprint density at radius 2 is 2.09 bits per heavy atom. The Morgan fingerprint density at radius 1 is 1.30 bits per heavy atom. The number of hydrogen-bond acceptors (Lipinski definition) is 3. The summed E-state index contributed by atoms with van der Waals surface area (Å²) in [4.78, 5) is 14.8. The molecule has 1 aromatic carbocycles. The SMILES string of the molecule is O=C(NCC(c1cccc(Cl)c1)N1CCCC1)C1CCCC1O. The van der Waals surface area contributed by atoms with Gasteiger partial charge in [0.15, 0.2) is 0 Å². The number of likely N-dealkylation sites (tertiary alicyclic amines) is 1. The zero-order valence-corrected chi connectivity index (χ0v) is 14.1. The van der Waals surface area contributed by atoms with Gasteiger partial charge in [-0.2, -0.15) is 0 Å². The Morgan fingerprint density at radius 3 is 2.74 bits per heavy atom. The molecular weight excluding hydrogens is 312 g/mol. The van der Waals surface area contributed by atoms with Gasteiger partial charge in [0.1, 0.15) is 0 Å². The molecule has 23 heavy (non-hydrogen) atoms. The fourth-order valence-corrected chi connectivity index (χ4v) is 4.00. The van der Waals surface area contributed by atoms with Crippen molar-refractivity contribution in [1.29, 1.82) is 0 Å². The first-order valence-corrected chi connectivity index (χ1v) is 8.98. The van der Waals surface area contributed by atoms with Gasteiger partial charge in [-0.25, -0.2) is 0 Å². The lowest BCUT2D eigenvalue weighted by Gasteiger charge is -2.29. The zero-order valence-electron chi connectivity index (χ0n) is 13.4. The van der Waals surface area contributed by atoms with Crippen molar-refractivity contribution in [3.05, 3.63) is 34.9 Å². The Balaban J connectivity index is 1.67. The number of halogens is 1. The number of aliphatic hydroxyl groups is 1. The lowest BCUT2D eigenvalue weighted by Crippen LogP contribution is -2.40. The van der Waals surface area contributed by atoms with Crippen molar-refractivity contribution >= 4 is 17.5 Å². The molecule has 1 aromatic rings. The van der Waals surface area contributed by atoms with E-state index in [-0.39, 0.29) is 17.9 Å². The minimum atomic E-state index is -0.480. The van der Waals surface area contributed by atoms with Crippen LogP contribution in [0.3, 0.4) is 0 Å². The van der Waals surface area contributed by atoms with Crippen LogP contribution in [-0.4, -0.2) is 41.7 Å². The lowest BCUT2D eigenvalue weighted by atomic mass is 10.0. The third-order valence-electron chi connectivity index (χ3n) is 5.10. The van der Waals surface area contributed by atoms with Gasteiger partial charge in [0, 0.05) is 11.6 Å². The van der Waals surface area contributed by atoms with Gasteiger partial charge in [-0.3, -0.25) is 9.69 Å². The molecule has 4 nitrogen and oxygen atoms in total. The van der Waals surface area contributed by atoms with E-state index in [4.69, 9.17) is 11.6 Å². The van der Waals surface area contributed by atoms with Crippen molar-refractivity contribution < 1.29 is 9.90 Å². The first-order chi connectivity index (χ1) is 11.1. The van der Waals surface area contributed by atoms with Crippen LogP contribution in [0.4, 0.5) is 0 Å². The highest BCUT2D eigenvalue weighted by atomic mass is 35.5. The van der Waals surface area contributed by atoms with Crippen molar-refractivity contribution in [2.45, 2.75) is 44.2 Å². The number of carbonyl (C=O) groups excluding carboxylic acids is 1. The summed E-state index contributed by atoms with van der Waals surface area (Å²) in [6.45, 7) is 2.68. The van der Waals surface area contributed by atoms with E-state index < -0.39 is 6.10 Å². The predicted molar refractivity (Wildman–Crippen MR) is 91.4 cm³/mol. The van der Waals surface area contributed by atoms with Gasteiger partial charge in [0.2, 0.25) is 5.91 Å². The summed E-state index contributed by atoms with van der Waals surface area (Å²) in [5, 5.41) is 13.7. The van der Waals surface area contributed by atoms with E-state index in [1.807, 2.05) is 18.2 Å². The summed E-state index contributed by atoms with van der Waals surface area (Å²) >= 11 is 6.14. The normalized spacial score (nSPS) is 26.3. The molecule has 3 rings (SSSR count). The Labute approximate surface area is 142 Å². The zero-order chi connectivity index (χ0) is 16.2. The highest BCUT2D eigenvalue weighted by Gasteiger charge is 2.32. The Kier molecular flexibility index (Phi) is 5.57. The average molecular weight is 337 g/mol. The van der Waals surface area contributed by atoms with Crippen molar-refractivity contribution in [2.75, 3.05) is 19.6 Å². The molecule has 0 spiro atoms.